The van der Waals surface area contributed by atoms with Crippen molar-refractivity contribution in [2.45, 2.75) is 19.4 Å². The molecule has 0 heterocycles. The largest absolute Gasteiger partial charge is 0.493 e. The molecule has 0 bridgehead atoms. The molecule has 2 aromatic carbocycles. The van der Waals surface area contributed by atoms with Gasteiger partial charge >= 0.3 is 0 Å². The maximum absolute atomic E-state index is 13.0. The molecule has 5 nitrogen and oxygen atoms in total. The number of hydrogen-bond donors (Lipinski definition) is 0. The predicted molar refractivity (Wildman–Crippen MR) is 103 cm³/mol. The Morgan fingerprint density at radius 2 is 1.77 bits per heavy atom. The van der Waals surface area contributed by atoms with Crippen molar-refractivity contribution in [3.8, 4) is 11.5 Å². The summed E-state index contributed by atoms with van der Waals surface area (Å²) >= 11 is 0. The number of rotatable bonds is 6. The van der Waals surface area contributed by atoms with Crippen LogP contribution >= 0.6 is 0 Å². The van der Waals surface area contributed by atoms with Crippen LogP contribution in [0.15, 0.2) is 47.4 Å². The third kappa shape index (κ3) is 3.48. The third-order valence-electron chi connectivity index (χ3n) is 4.63. The number of hydrogen-bond acceptors (Lipinski definition) is 4. The Bertz CT molecular complexity index is 935. The van der Waals surface area contributed by atoms with E-state index in [0.717, 1.165) is 17.5 Å². The summed E-state index contributed by atoms with van der Waals surface area (Å²) in [7, 11) is 1.16. The monoisotopic (exact) mass is 373 g/mol. The van der Waals surface area contributed by atoms with E-state index in [4.69, 9.17) is 9.47 Å². The molecule has 0 aromatic heterocycles. The summed E-state index contributed by atoms with van der Waals surface area (Å²) in [6.07, 6.45) is 3.03. The fourth-order valence-corrected chi connectivity index (χ4v) is 4.56. The Labute approximate surface area is 154 Å². The second-order valence-electron chi connectivity index (χ2n) is 6.22. The van der Waals surface area contributed by atoms with Crippen molar-refractivity contribution in [1.82, 2.24) is 4.31 Å². The van der Waals surface area contributed by atoms with E-state index in [1.165, 1.54) is 9.87 Å². The van der Waals surface area contributed by atoms with E-state index in [-0.39, 0.29) is 6.54 Å². The van der Waals surface area contributed by atoms with E-state index in [9.17, 15) is 8.42 Å². The normalized spacial score (nSPS) is 13.9. The van der Waals surface area contributed by atoms with E-state index in [1.54, 1.807) is 33.4 Å². The SMILES string of the molecule is COc1cccc(CN(C)S(=O)(=O)C2=Cc3ccccc3CC2)c1OC. The molecule has 1 aliphatic carbocycles. The van der Waals surface area contributed by atoms with Crippen LogP contribution in [0.25, 0.3) is 6.08 Å². The molecular formula is C20H23NO4S. The van der Waals surface area contributed by atoms with Crippen LogP contribution in [0.2, 0.25) is 0 Å². The molecule has 0 amide bonds. The van der Waals surface area contributed by atoms with Gasteiger partial charge in [-0.25, -0.2) is 8.42 Å². The van der Waals surface area contributed by atoms with Crippen LogP contribution < -0.4 is 9.47 Å². The highest BCUT2D eigenvalue weighted by atomic mass is 32.2. The summed E-state index contributed by atoms with van der Waals surface area (Å²) in [6.45, 7) is 0.210. The van der Waals surface area contributed by atoms with Crippen LogP contribution in [0.3, 0.4) is 0 Å². The zero-order chi connectivity index (χ0) is 18.7. The Kier molecular flexibility index (Phi) is 5.34. The first-order valence-corrected chi connectivity index (χ1v) is 9.86. The van der Waals surface area contributed by atoms with Gasteiger partial charge in [-0.1, -0.05) is 36.4 Å². The average molecular weight is 373 g/mol. The number of allylic oxidation sites excluding steroid dienone is 1. The topological polar surface area (TPSA) is 55.8 Å². The molecule has 0 saturated heterocycles. The van der Waals surface area contributed by atoms with Gasteiger partial charge in [0.25, 0.3) is 0 Å². The molecule has 0 saturated carbocycles. The zero-order valence-electron chi connectivity index (χ0n) is 15.2. The lowest BCUT2D eigenvalue weighted by atomic mass is 9.98. The molecule has 0 unspecified atom stereocenters. The van der Waals surface area contributed by atoms with E-state index in [1.807, 2.05) is 36.4 Å². The lowest BCUT2D eigenvalue weighted by Crippen LogP contribution is -2.28. The van der Waals surface area contributed by atoms with Crippen molar-refractivity contribution in [3.05, 3.63) is 64.1 Å². The quantitative estimate of drug-likeness (QED) is 0.778. The van der Waals surface area contributed by atoms with Crippen LogP contribution in [0.5, 0.6) is 11.5 Å². The summed E-state index contributed by atoms with van der Waals surface area (Å²) in [5, 5.41) is 0. The molecule has 3 rings (SSSR count). The lowest BCUT2D eigenvalue weighted by molar-refractivity contribution is 0.347. The first kappa shape index (κ1) is 18.5. The van der Waals surface area contributed by atoms with Crippen molar-refractivity contribution in [1.29, 1.82) is 0 Å². The second-order valence-corrected chi connectivity index (χ2v) is 8.32. The van der Waals surface area contributed by atoms with Gasteiger partial charge in [0.1, 0.15) is 0 Å². The first-order chi connectivity index (χ1) is 12.5. The van der Waals surface area contributed by atoms with Crippen LogP contribution in [-0.2, 0) is 23.0 Å². The van der Waals surface area contributed by atoms with Crippen molar-refractivity contribution < 1.29 is 17.9 Å². The first-order valence-electron chi connectivity index (χ1n) is 8.42. The molecule has 0 radical (unpaired) electrons. The van der Waals surface area contributed by atoms with E-state index in [0.29, 0.717) is 22.8 Å². The van der Waals surface area contributed by atoms with Crippen molar-refractivity contribution in [3.63, 3.8) is 0 Å². The predicted octanol–water partition coefficient (Wildman–Crippen LogP) is 3.45. The number of fused-ring (bicyclic) bond motifs is 1. The van der Waals surface area contributed by atoms with Crippen molar-refractivity contribution in [2.75, 3.05) is 21.3 Å². The van der Waals surface area contributed by atoms with Gasteiger partial charge in [-0.2, -0.15) is 4.31 Å². The Morgan fingerprint density at radius 3 is 2.50 bits per heavy atom. The molecule has 0 aliphatic heterocycles. The zero-order valence-corrected chi connectivity index (χ0v) is 16.0. The van der Waals surface area contributed by atoms with Gasteiger partial charge in [0, 0.05) is 19.2 Å². The number of methoxy groups -OCH3 is 2. The molecule has 2 aromatic rings. The van der Waals surface area contributed by atoms with E-state index in [2.05, 4.69) is 0 Å². The van der Waals surface area contributed by atoms with E-state index < -0.39 is 10.0 Å². The van der Waals surface area contributed by atoms with Gasteiger partial charge in [0.15, 0.2) is 11.5 Å². The minimum atomic E-state index is -3.55. The highest BCUT2D eigenvalue weighted by molar-refractivity contribution is 7.93. The summed E-state index contributed by atoms with van der Waals surface area (Å²) in [5.41, 5.74) is 2.92. The summed E-state index contributed by atoms with van der Waals surface area (Å²) in [6, 6.07) is 13.4. The third-order valence-corrected chi connectivity index (χ3v) is 6.57. The summed E-state index contributed by atoms with van der Waals surface area (Å²) in [5.74, 6) is 1.14. The fourth-order valence-electron chi connectivity index (χ4n) is 3.21. The smallest absolute Gasteiger partial charge is 0.239 e. The Hall–Kier alpha value is -2.31. The number of para-hydroxylation sites is 1. The van der Waals surface area contributed by atoms with Crippen LogP contribution in [-0.4, -0.2) is 34.0 Å². The van der Waals surface area contributed by atoms with Crippen LogP contribution in [0, 0.1) is 0 Å². The van der Waals surface area contributed by atoms with Gasteiger partial charge in [-0.05, 0) is 36.1 Å². The molecule has 6 heteroatoms. The lowest BCUT2D eigenvalue weighted by Gasteiger charge is -2.23. The van der Waals surface area contributed by atoms with Gasteiger partial charge in [0.2, 0.25) is 10.0 Å². The number of sulfonamides is 1. The second kappa shape index (κ2) is 7.51. The van der Waals surface area contributed by atoms with Crippen LogP contribution in [0.1, 0.15) is 23.1 Å². The summed E-state index contributed by atoms with van der Waals surface area (Å²) in [4.78, 5) is 0.445. The number of benzene rings is 2. The maximum atomic E-state index is 13.0. The highest BCUT2D eigenvalue weighted by Gasteiger charge is 2.27. The molecule has 138 valence electrons. The van der Waals surface area contributed by atoms with Gasteiger partial charge in [-0.15, -0.1) is 0 Å². The minimum absolute atomic E-state index is 0.210. The molecule has 0 spiro atoms. The molecule has 0 fully saturated rings. The number of aryl methyl sites for hydroxylation is 1. The molecule has 26 heavy (non-hydrogen) atoms. The van der Waals surface area contributed by atoms with Crippen LogP contribution in [0.4, 0.5) is 0 Å². The highest BCUT2D eigenvalue weighted by Crippen LogP contribution is 2.33. The minimum Gasteiger partial charge on any atom is -0.493 e. The Balaban J connectivity index is 1.89. The molecular weight excluding hydrogens is 350 g/mol. The molecule has 1 aliphatic rings. The molecule has 0 N–H and O–H groups in total. The van der Waals surface area contributed by atoms with Crippen molar-refractivity contribution >= 4 is 16.1 Å². The van der Waals surface area contributed by atoms with Gasteiger partial charge in [-0.3, -0.25) is 0 Å². The average Bonchev–Trinajstić information content (AvgIpc) is 2.67. The van der Waals surface area contributed by atoms with Gasteiger partial charge in [0.05, 0.1) is 19.1 Å². The summed E-state index contributed by atoms with van der Waals surface area (Å²) < 4.78 is 38.2. The standard InChI is InChI=1S/C20H23NO4S/c1-21(14-17-9-6-10-19(24-2)20(17)25-3)26(22,23)18-12-11-15-7-4-5-8-16(15)13-18/h4-10,13H,11-12,14H2,1-3H3. The number of nitrogens with zero attached hydrogens (tertiary/aromatic N) is 1. The van der Waals surface area contributed by atoms with Gasteiger partial charge < -0.3 is 9.47 Å². The Morgan fingerprint density at radius 1 is 1.00 bits per heavy atom. The van der Waals surface area contributed by atoms with E-state index >= 15 is 0 Å². The fraction of sp³-hybridized carbons (Fsp3) is 0.300. The van der Waals surface area contributed by atoms with Crippen molar-refractivity contribution in [2.24, 2.45) is 0 Å². The maximum Gasteiger partial charge on any atom is 0.239 e. The number of ether oxygens (including phenoxy) is 2. The molecule has 0 atom stereocenters.